The predicted octanol–water partition coefficient (Wildman–Crippen LogP) is 4.44. The van der Waals surface area contributed by atoms with E-state index in [1.165, 1.54) is 26.6 Å². The summed E-state index contributed by atoms with van der Waals surface area (Å²) in [5.74, 6) is -1.80. The smallest absolute Gasteiger partial charge is 0.227 e. The number of methoxy groups -OCH3 is 2. The lowest BCUT2D eigenvalue weighted by molar-refractivity contribution is -0.169. The molecule has 0 aliphatic carbocycles. The normalized spacial score (nSPS) is 16.6. The maximum atomic E-state index is 14.5. The van der Waals surface area contributed by atoms with Gasteiger partial charge in [0.05, 0.1) is 45.4 Å². The lowest BCUT2D eigenvalue weighted by Crippen LogP contribution is -2.45. The average Bonchev–Trinajstić information content (AvgIpc) is 3.38. The summed E-state index contributed by atoms with van der Waals surface area (Å²) in [5, 5.41) is 3.17. The second kappa shape index (κ2) is 10.7. The minimum Gasteiger partial charge on any atom is -0.494 e. The zero-order chi connectivity index (χ0) is 25.8. The van der Waals surface area contributed by atoms with Crippen LogP contribution in [0.25, 0.3) is 0 Å². The van der Waals surface area contributed by atoms with Gasteiger partial charge in [-0.2, -0.15) is 0 Å². The lowest BCUT2D eigenvalue weighted by atomic mass is 10.0. The first-order valence-corrected chi connectivity index (χ1v) is 11.9. The highest BCUT2D eigenvalue weighted by molar-refractivity contribution is 5.62. The van der Waals surface area contributed by atoms with Crippen LogP contribution in [0.2, 0.25) is 0 Å². The van der Waals surface area contributed by atoms with Gasteiger partial charge >= 0.3 is 0 Å². The average molecular weight is 515 g/mol. The van der Waals surface area contributed by atoms with E-state index < -0.39 is 24.0 Å². The Morgan fingerprint density at radius 2 is 1.62 bits per heavy atom. The molecule has 2 aromatic carbocycles. The van der Waals surface area contributed by atoms with Crippen molar-refractivity contribution in [1.82, 2.24) is 9.97 Å². The third-order valence-corrected chi connectivity index (χ3v) is 6.48. The number of nitrogens with one attached hydrogen (secondary N) is 1. The Morgan fingerprint density at radius 3 is 2.24 bits per heavy atom. The monoisotopic (exact) mass is 514 g/mol. The number of rotatable bonds is 8. The summed E-state index contributed by atoms with van der Waals surface area (Å²) in [7, 11) is 2.58. The minimum absolute atomic E-state index is 0.140. The maximum absolute atomic E-state index is 14.5. The number of benzene rings is 2. The number of hydrogen-bond donors (Lipinski definition) is 1. The minimum atomic E-state index is -0.855. The van der Waals surface area contributed by atoms with E-state index in [4.69, 9.17) is 23.7 Å². The van der Waals surface area contributed by atoms with Crippen LogP contribution in [0.5, 0.6) is 17.2 Å². The van der Waals surface area contributed by atoms with Crippen LogP contribution >= 0.6 is 0 Å². The highest BCUT2D eigenvalue weighted by Gasteiger charge is 2.39. The van der Waals surface area contributed by atoms with Gasteiger partial charge in [-0.05, 0) is 18.2 Å². The zero-order valence-corrected chi connectivity index (χ0v) is 20.6. The summed E-state index contributed by atoms with van der Waals surface area (Å²) in [6.07, 6.45) is 4.51. The summed E-state index contributed by atoms with van der Waals surface area (Å²) in [5.41, 5.74) is 1.59. The number of piperidine rings is 1. The third kappa shape index (κ3) is 5.37. The van der Waals surface area contributed by atoms with Crippen molar-refractivity contribution in [1.29, 1.82) is 0 Å². The van der Waals surface area contributed by atoms with Crippen molar-refractivity contribution in [2.75, 3.05) is 50.7 Å². The van der Waals surface area contributed by atoms with Crippen molar-refractivity contribution in [3.8, 4) is 17.2 Å². The Hall–Kier alpha value is -3.70. The molecular formula is C26H28F2N4O5. The molecule has 0 bridgehead atoms. The topological polar surface area (TPSA) is 87.2 Å². The van der Waals surface area contributed by atoms with Crippen LogP contribution in [-0.2, 0) is 16.1 Å². The fourth-order valence-electron chi connectivity index (χ4n) is 4.47. The number of aromatic nitrogens is 2. The Bertz CT molecular complexity index is 1200. The number of nitrogens with zero attached hydrogens (tertiary/aromatic N) is 3. The van der Waals surface area contributed by atoms with Gasteiger partial charge in [0.25, 0.3) is 0 Å². The second-order valence-corrected chi connectivity index (χ2v) is 8.69. The molecule has 1 N–H and O–H groups in total. The lowest BCUT2D eigenvalue weighted by Gasteiger charge is -2.38. The molecule has 0 unspecified atom stereocenters. The molecule has 2 saturated heterocycles. The molecule has 0 atom stereocenters. The summed E-state index contributed by atoms with van der Waals surface area (Å²) in [6, 6.07) is 9.13. The van der Waals surface area contributed by atoms with E-state index in [1.807, 2.05) is 18.2 Å². The summed E-state index contributed by atoms with van der Waals surface area (Å²) in [6.45, 7) is 2.61. The van der Waals surface area contributed by atoms with Crippen molar-refractivity contribution in [2.45, 2.75) is 25.2 Å². The van der Waals surface area contributed by atoms with Crippen LogP contribution in [0, 0.1) is 11.6 Å². The molecule has 0 amide bonds. The Morgan fingerprint density at radius 1 is 0.973 bits per heavy atom. The Balaban J connectivity index is 1.20. The van der Waals surface area contributed by atoms with Gasteiger partial charge in [0.15, 0.2) is 34.7 Å². The summed E-state index contributed by atoms with van der Waals surface area (Å²) in [4.78, 5) is 10.8. The molecule has 3 heterocycles. The van der Waals surface area contributed by atoms with Gasteiger partial charge in [-0.25, -0.2) is 18.7 Å². The molecule has 9 nitrogen and oxygen atoms in total. The Labute approximate surface area is 213 Å². The number of halogens is 2. The van der Waals surface area contributed by atoms with E-state index >= 15 is 0 Å². The van der Waals surface area contributed by atoms with E-state index in [0.717, 1.165) is 43.4 Å². The molecule has 3 aromatic rings. The first-order valence-electron chi connectivity index (χ1n) is 11.9. The molecule has 1 aromatic heterocycles. The Kier molecular flexibility index (Phi) is 7.24. The van der Waals surface area contributed by atoms with Crippen LogP contribution in [0.1, 0.15) is 18.4 Å². The van der Waals surface area contributed by atoms with Crippen molar-refractivity contribution in [2.24, 2.45) is 0 Å². The van der Waals surface area contributed by atoms with Crippen LogP contribution in [0.15, 0.2) is 42.7 Å². The van der Waals surface area contributed by atoms with Gasteiger partial charge in [-0.1, -0.05) is 6.07 Å². The largest absolute Gasteiger partial charge is 0.494 e. The molecule has 2 fully saturated rings. The SMILES string of the molecule is COc1cc(OC)c(F)c(COc2cnc(Nc3cccc(N4CCC5(CC4)OCCO5)c3)nc2)c1F. The molecule has 0 radical (unpaired) electrons. The van der Waals surface area contributed by atoms with Gasteiger partial charge in [0, 0.05) is 43.4 Å². The molecule has 1 spiro atoms. The van der Waals surface area contributed by atoms with Crippen LogP contribution in [0.3, 0.4) is 0 Å². The van der Waals surface area contributed by atoms with Gasteiger partial charge in [-0.15, -0.1) is 0 Å². The fraction of sp³-hybridized carbons (Fsp3) is 0.385. The van der Waals surface area contributed by atoms with E-state index in [-0.39, 0.29) is 22.8 Å². The molecule has 0 saturated carbocycles. The van der Waals surface area contributed by atoms with Crippen LogP contribution in [0.4, 0.5) is 26.1 Å². The molecular weight excluding hydrogens is 486 g/mol. The van der Waals surface area contributed by atoms with Crippen LogP contribution < -0.4 is 24.4 Å². The molecule has 37 heavy (non-hydrogen) atoms. The molecule has 5 rings (SSSR count). The van der Waals surface area contributed by atoms with E-state index in [2.05, 4.69) is 26.3 Å². The van der Waals surface area contributed by atoms with Crippen molar-refractivity contribution >= 4 is 17.3 Å². The number of anilines is 3. The summed E-state index contributed by atoms with van der Waals surface area (Å²) < 4.78 is 56.2. The standard InChI is InChI=1S/C26H28F2N4O5/c1-33-21-13-22(34-2)24(28)20(23(21)27)16-35-19-14-29-25(30-15-19)31-17-4-3-5-18(12-17)32-8-6-26(7-9-32)36-10-11-37-26/h3-5,12-15H,6-11,16H2,1-2H3,(H,29,30,31). The summed E-state index contributed by atoms with van der Waals surface area (Å²) >= 11 is 0. The van der Waals surface area contributed by atoms with Crippen molar-refractivity contribution in [3.05, 3.63) is 59.9 Å². The van der Waals surface area contributed by atoms with Gasteiger partial charge < -0.3 is 33.9 Å². The number of ether oxygens (including phenoxy) is 5. The fourth-order valence-corrected chi connectivity index (χ4v) is 4.47. The molecule has 196 valence electrons. The highest BCUT2D eigenvalue weighted by atomic mass is 19.1. The van der Waals surface area contributed by atoms with Crippen molar-refractivity contribution in [3.63, 3.8) is 0 Å². The quantitative estimate of drug-likeness (QED) is 0.469. The second-order valence-electron chi connectivity index (χ2n) is 8.69. The van der Waals surface area contributed by atoms with Gasteiger partial charge in [0.2, 0.25) is 5.95 Å². The van der Waals surface area contributed by atoms with E-state index in [9.17, 15) is 8.78 Å². The van der Waals surface area contributed by atoms with E-state index in [1.54, 1.807) is 0 Å². The van der Waals surface area contributed by atoms with Crippen LogP contribution in [-0.4, -0.2) is 56.3 Å². The molecule has 2 aliphatic rings. The van der Waals surface area contributed by atoms with Gasteiger partial charge in [0.1, 0.15) is 6.61 Å². The number of hydrogen-bond acceptors (Lipinski definition) is 9. The maximum Gasteiger partial charge on any atom is 0.227 e. The van der Waals surface area contributed by atoms with E-state index in [0.29, 0.717) is 19.2 Å². The third-order valence-electron chi connectivity index (χ3n) is 6.48. The van der Waals surface area contributed by atoms with Gasteiger partial charge in [-0.3, -0.25) is 0 Å². The molecule has 2 aliphatic heterocycles. The highest BCUT2D eigenvalue weighted by Crippen LogP contribution is 2.34. The zero-order valence-electron chi connectivity index (χ0n) is 20.6. The predicted molar refractivity (Wildman–Crippen MR) is 132 cm³/mol. The van der Waals surface area contributed by atoms with Crippen molar-refractivity contribution < 1.29 is 32.5 Å². The molecule has 11 heteroatoms. The first kappa shape index (κ1) is 25.0. The first-order chi connectivity index (χ1) is 18.0.